The average molecular weight is 150 g/mol. The molecule has 1 fully saturated rings. The Balaban J connectivity index is 2.99. The van der Waals surface area contributed by atoms with Crippen molar-refractivity contribution in [3.8, 4) is 0 Å². The number of hydrogen-bond donors (Lipinski definition) is 0. The molecule has 1 saturated carbocycles. The highest BCUT2D eigenvalue weighted by atomic mass is 16.1. The maximum absolute atomic E-state index is 10.5. The van der Waals surface area contributed by atoms with E-state index >= 15 is 0 Å². The van der Waals surface area contributed by atoms with Crippen LogP contribution in [-0.2, 0) is 4.79 Å². The van der Waals surface area contributed by atoms with Crippen LogP contribution in [0.25, 0.3) is 0 Å². The third-order valence-electron chi connectivity index (χ3n) is 2.22. The molecule has 0 N–H and O–H groups in total. The van der Waals surface area contributed by atoms with Gasteiger partial charge in [0.05, 0.1) is 5.92 Å². The molecule has 0 heterocycles. The average Bonchev–Trinajstić information content (AvgIpc) is 2.33. The highest BCUT2D eigenvalue weighted by Gasteiger charge is 2.52. The Labute approximate surface area is 67.8 Å². The van der Waals surface area contributed by atoms with Crippen molar-refractivity contribution in [2.45, 2.75) is 27.7 Å². The van der Waals surface area contributed by atoms with E-state index in [0.29, 0.717) is 0 Å². The number of hydrogen-bond acceptors (Lipinski definition) is 1. The van der Waals surface area contributed by atoms with Crippen LogP contribution in [0.15, 0.2) is 16.9 Å². The van der Waals surface area contributed by atoms with E-state index in [9.17, 15) is 4.79 Å². The van der Waals surface area contributed by atoms with Gasteiger partial charge in [-0.15, -0.1) is 5.73 Å². The Morgan fingerprint density at radius 2 is 2.09 bits per heavy atom. The standard InChI is InChI=1S/C10H14O/c1-7(2)5-8-9(6-11)10(8,3)4/h6,9H,1-4H3. The predicted molar refractivity (Wildman–Crippen MR) is 45.2 cm³/mol. The molecule has 1 aliphatic carbocycles. The minimum Gasteiger partial charge on any atom is -0.303 e. The van der Waals surface area contributed by atoms with E-state index < -0.39 is 0 Å². The van der Waals surface area contributed by atoms with Gasteiger partial charge < -0.3 is 4.79 Å². The van der Waals surface area contributed by atoms with Gasteiger partial charge in [0.2, 0.25) is 0 Å². The molecule has 0 amide bonds. The van der Waals surface area contributed by atoms with Crippen LogP contribution in [0.1, 0.15) is 27.7 Å². The first-order valence-corrected chi connectivity index (χ1v) is 3.90. The second-order valence-electron chi connectivity index (χ2n) is 3.87. The summed E-state index contributed by atoms with van der Waals surface area (Å²) in [5.74, 6) is 0.123. The van der Waals surface area contributed by atoms with Crippen LogP contribution in [0.5, 0.6) is 0 Å². The van der Waals surface area contributed by atoms with E-state index in [-0.39, 0.29) is 11.3 Å². The van der Waals surface area contributed by atoms with Crippen molar-refractivity contribution >= 4 is 6.29 Å². The van der Waals surface area contributed by atoms with E-state index in [1.165, 1.54) is 0 Å². The number of carbonyl (C=O) groups is 1. The Bertz CT molecular complexity index is 248. The summed E-state index contributed by atoms with van der Waals surface area (Å²) in [5.41, 5.74) is 5.60. The molecule has 11 heavy (non-hydrogen) atoms. The van der Waals surface area contributed by atoms with Gasteiger partial charge in [0, 0.05) is 5.41 Å². The van der Waals surface area contributed by atoms with Crippen LogP contribution >= 0.6 is 0 Å². The third kappa shape index (κ3) is 1.29. The number of carbonyl (C=O) groups excluding carboxylic acids is 1. The fourth-order valence-electron chi connectivity index (χ4n) is 1.33. The molecule has 0 bridgehead atoms. The minimum atomic E-state index is 0.0824. The van der Waals surface area contributed by atoms with Crippen LogP contribution in [-0.4, -0.2) is 6.29 Å². The van der Waals surface area contributed by atoms with Crippen molar-refractivity contribution in [2.75, 3.05) is 0 Å². The van der Waals surface area contributed by atoms with Crippen molar-refractivity contribution in [1.82, 2.24) is 0 Å². The van der Waals surface area contributed by atoms with Gasteiger partial charge in [0.15, 0.2) is 0 Å². The highest BCUT2D eigenvalue weighted by molar-refractivity contribution is 5.70. The second-order valence-corrected chi connectivity index (χ2v) is 3.87. The van der Waals surface area contributed by atoms with Gasteiger partial charge in [-0.25, -0.2) is 0 Å². The SMILES string of the molecule is CC(C)=C=C1C(C=O)C1(C)C. The first-order chi connectivity index (χ1) is 5.00. The molecule has 60 valence electrons. The van der Waals surface area contributed by atoms with E-state index in [1.807, 2.05) is 13.8 Å². The summed E-state index contributed by atoms with van der Waals surface area (Å²) in [4.78, 5) is 10.5. The van der Waals surface area contributed by atoms with Gasteiger partial charge in [-0.3, -0.25) is 0 Å². The molecule has 1 atom stereocenters. The molecule has 1 heteroatoms. The van der Waals surface area contributed by atoms with Crippen molar-refractivity contribution in [2.24, 2.45) is 11.3 Å². The molecule has 0 aromatic heterocycles. The predicted octanol–water partition coefficient (Wildman–Crippen LogP) is 2.33. The maximum atomic E-state index is 10.5. The molecule has 1 aliphatic rings. The van der Waals surface area contributed by atoms with Crippen molar-refractivity contribution in [3.05, 3.63) is 16.9 Å². The molecular formula is C10H14O. The summed E-state index contributed by atoms with van der Waals surface area (Å²) in [6.07, 6.45) is 1.02. The van der Waals surface area contributed by atoms with Crippen LogP contribution in [0.2, 0.25) is 0 Å². The van der Waals surface area contributed by atoms with Gasteiger partial charge in [-0.2, -0.15) is 0 Å². The Kier molecular flexibility index (Phi) is 1.77. The van der Waals surface area contributed by atoms with Crippen molar-refractivity contribution < 1.29 is 4.79 Å². The summed E-state index contributed by atoms with van der Waals surface area (Å²) < 4.78 is 0. The Hall–Kier alpha value is -0.810. The summed E-state index contributed by atoms with van der Waals surface area (Å²) in [6.45, 7) is 8.17. The van der Waals surface area contributed by atoms with Crippen molar-refractivity contribution in [3.63, 3.8) is 0 Å². The lowest BCUT2D eigenvalue weighted by Gasteiger charge is -1.90. The van der Waals surface area contributed by atoms with Gasteiger partial charge in [0.1, 0.15) is 6.29 Å². The minimum absolute atomic E-state index is 0.0824. The highest BCUT2D eigenvalue weighted by Crippen LogP contribution is 2.55. The van der Waals surface area contributed by atoms with Crippen LogP contribution in [0.4, 0.5) is 0 Å². The van der Waals surface area contributed by atoms with Gasteiger partial charge in [-0.05, 0) is 25.0 Å². The summed E-state index contributed by atoms with van der Waals surface area (Å²) >= 11 is 0. The molecule has 0 saturated heterocycles. The second kappa shape index (κ2) is 2.35. The maximum Gasteiger partial charge on any atom is 0.128 e. The molecule has 0 radical (unpaired) electrons. The third-order valence-corrected chi connectivity index (χ3v) is 2.22. The van der Waals surface area contributed by atoms with Gasteiger partial charge in [0.25, 0.3) is 0 Å². The number of aldehydes is 1. The lowest BCUT2D eigenvalue weighted by molar-refractivity contribution is -0.109. The molecule has 0 aromatic rings. The lowest BCUT2D eigenvalue weighted by Crippen LogP contribution is -1.89. The fourth-order valence-corrected chi connectivity index (χ4v) is 1.33. The zero-order chi connectivity index (χ0) is 8.65. The zero-order valence-corrected chi connectivity index (χ0v) is 7.56. The molecular weight excluding hydrogens is 136 g/mol. The van der Waals surface area contributed by atoms with Crippen LogP contribution in [0.3, 0.4) is 0 Å². The van der Waals surface area contributed by atoms with E-state index in [1.54, 1.807) is 0 Å². The summed E-state index contributed by atoms with van der Waals surface area (Å²) in [6, 6.07) is 0. The summed E-state index contributed by atoms with van der Waals surface area (Å²) in [7, 11) is 0. The first kappa shape index (κ1) is 8.29. The monoisotopic (exact) mass is 150 g/mol. The normalized spacial score (nSPS) is 25.8. The fraction of sp³-hybridized carbons (Fsp3) is 0.600. The number of allylic oxidation sites excluding steroid dienone is 1. The van der Waals surface area contributed by atoms with E-state index in [4.69, 9.17) is 0 Å². The van der Waals surface area contributed by atoms with Crippen LogP contribution in [0, 0.1) is 11.3 Å². The van der Waals surface area contributed by atoms with Crippen molar-refractivity contribution in [1.29, 1.82) is 0 Å². The molecule has 0 spiro atoms. The Morgan fingerprint density at radius 3 is 2.36 bits per heavy atom. The topological polar surface area (TPSA) is 17.1 Å². The molecule has 0 aliphatic heterocycles. The van der Waals surface area contributed by atoms with E-state index in [0.717, 1.165) is 17.4 Å². The quantitative estimate of drug-likeness (QED) is 0.414. The lowest BCUT2D eigenvalue weighted by atomic mass is 10.1. The smallest absolute Gasteiger partial charge is 0.128 e. The van der Waals surface area contributed by atoms with Gasteiger partial charge in [-0.1, -0.05) is 13.8 Å². The largest absolute Gasteiger partial charge is 0.303 e. The molecule has 1 nitrogen and oxygen atoms in total. The Morgan fingerprint density at radius 1 is 1.55 bits per heavy atom. The van der Waals surface area contributed by atoms with E-state index in [2.05, 4.69) is 19.6 Å². The number of rotatable bonds is 1. The zero-order valence-electron chi connectivity index (χ0n) is 7.56. The molecule has 0 aromatic carbocycles. The molecule has 1 rings (SSSR count). The molecule has 1 unspecified atom stereocenters. The van der Waals surface area contributed by atoms with Gasteiger partial charge >= 0.3 is 0 Å². The summed E-state index contributed by atoms with van der Waals surface area (Å²) in [5, 5.41) is 0. The van der Waals surface area contributed by atoms with Crippen LogP contribution < -0.4 is 0 Å². The first-order valence-electron chi connectivity index (χ1n) is 3.90.